The van der Waals surface area contributed by atoms with Crippen LogP contribution in [0.3, 0.4) is 0 Å². The Morgan fingerprint density at radius 2 is 2.23 bits per heavy atom. The van der Waals surface area contributed by atoms with Crippen LogP contribution in [0.1, 0.15) is 54.8 Å². The number of aryl methyl sites for hydroxylation is 1. The first-order valence-corrected chi connectivity index (χ1v) is 7.55. The monoisotopic (exact) mass is 302 g/mol. The van der Waals surface area contributed by atoms with Crippen molar-refractivity contribution in [3.63, 3.8) is 0 Å². The van der Waals surface area contributed by atoms with Gasteiger partial charge in [-0.25, -0.2) is 0 Å². The summed E-state index contributed by atoms with van der Waals surface area (Å²) >= 11 is 0. The highest BCUT2D eigenvalue weighted by Gasteiger charge is 2.14. The number of carbonyl (C=O) groups is 1. The van der Waals surface area contributed by atoms with E-state index >= 15 is 0 Å². The maximum absolute atomic E-state index is 11.6. The molecule has 0 fully saturated rings. The Bertz CT molecular complexity index is 624. The summed E-state index contributed by atoms with van der Waals surface area (Å²) in [4.78, 5) is 16.0. The van der Waals surface area contributed by atoms with Gasteiger partial charge in [-0.05, 0) is 31.5 Å². The zero-order valence-corrected chi connectivity index (χ0v) is 13.2. The molecule has 1 heterocycles. The van der Waals surface area contributed by atoms with Crippen molar-refractivity contribution in [3.8, 4) is 0 Å². The van der Waals surface area contributed by atoms with E-state index in [1.807, 2.05) is 19.1 Å². The topological polar surface area (TPSA) is 80.0 Å². The van der Waals surface area contributed by atoms with Crippen LogP contribution >= 0.6 is 0 Å². The van der Waals surface area contributed by atoms with Crippen molar-refractivity contribution in [2.75, 3.05) is 12.4 Å². The van der Waals surface area contributed by atoms with Gasteiger partial charge in [0.15, 0.2) is 5.82 Å². The number of unbranched alkanes of at least 4 members (excludes halogenated alkanes) is 1. The van der Waals surface area contributed by atoms with Gasteiger partial charge in [0.1, 0.15) is 6.04 Å². The normalized spacial score (nSPS) is 12.0. The van der Waals surface area contributed by atoms with Crippen LogP contribution in [0.4, 0.5) is 5.69 Å². The quantitative estimate of drug-likeness (QED) is 0.822. The molecule has 2 aromatic rings. The number of nitrogens with zero attached hydrogens (tertiary/aromatic N) is 2. The molecule has 2 N–H and O–H groups in total. The van der Waals surface area contributed by atoms with Crippen molar-refractivity contribution in [1.82, 2.24) is 15.5 Å². The Morgan fingerprint density at radius 3 is 2.95 bits per heavy atom. The van der Waals surface area contributed by atoms with Crippen molar-refractivity contribution in [1.29, 1.82) is 0 Å². The highest BCUT2D eigenvalue weighted by Crippen LogP contribution is 2.19. The molecule has 0 saturated heterocycles. The van der Waals surface area contributed by atoms with E-state index in [-0.39, 0.29) is 11.9 Å². The van der Waals surface area contributed by atoms with E-state index < -0.39 is 0 Å². The lowest BCUT2D eigenvalue weighted by molar-refractivity contribution is 0.0963. The summed E-state index contributed by atoms with van der Waals surface area (Å²) in [5.41, 5.74) is 1.44. The fourth-order valence-electron chi connectivity index (χ4n) is 2.09. The van der Waals surface area contributed by atoms with Gasteiger partial charge >= 0.3 is 0 Å². The van der Waals surface area contributed by atoms with Crippen molar-refractivity contribution in [2.45, 2.75) is 39.2 Å². The second-order valence-corrected chi connectivity index (χ2v) is 5.18. The summed E-state index contributed by atoms with van der Waals surface area (Å²) < 4.78 is 5.29. The van der Waals surface area contributed by atoms with E-state index in [9.17, 15) is 4.79 Å². The first kappa shape index (κ1) is 16.0. The summed E-state index contributed by atoms with van der Waals surface area (Å²) in [5.74, 6) is 1.18. The predicted octanol–water partition coefficient (Wildman–Crippen LogP) is 2.94. The number of aromatic nitrogens is 2. The summed E-state index contributed by atoms with van der Waals surface area (Å²) in [6.07, 6.45) is 2.98. The molecule has 0 spiro atoms. The van der Waals surface area contributed by atoms with Crippen LogP contribution in [0, 0.1) is 0 Å². The SMILES string of the molecule is CCCCc1noc(C(C)Nc2cccc(C(=O)NC)c2)n1. The average molecular weight is 302 g/mol. The number of rotatable bonds is 7. The molecule has 1 unspecified atom stereocenters. The third kappa shape index (κ3) is 4.07. The standard InChI is InChI=1S/C16H22N4O2/c1-4-5-9-14-19-16(22-20-14)11(2)18-13-8-6-7-12(10-13)15(21)17-3/h6-8,10-11,18H,4-5,9H2,1-3H3,(H,17,21). The number of nitrogens with one attached hydrogen (secondary N) is 2. The van der Waals surface area contributed by atoms with Gasteiger partial charge in [0.2, 0.25) is 5.89 Å². The molecule has 6 nitrogen and oxygen atoms in total. The second-order valence-electron chi connectivity index (χ2n) is 5.18. The van der Waals surface area contributed by atoms with Crippen LogP contribution < -0.4 is 10.6 Å². The minimum absolute atomic E-state index is 0.115. The summed E-state index contributed by atoms with van der Waals surface area (Å²) in [7, 11) is 1.61. The molecule has 1 aromatic carbocycles. The number of anilines is 1. The number of amides is 1. The molecule has 6 heteroatoms. The van der Waals surface area contributed by atoms with E-state index in [0.717, 1.165) is 30.8 Å². The molecule has 0 bridgehead atoms. The molecular weight excluding hydrogens is 280 g/mol. The molecule has 118 valence electrons. The molecule has 1 aromatic heterocycles. The van der Waals surface area contributed by atoms with Crippen LogP contribution in [-0.2, 0) is 6.42 Å². The maximum Gasteiger partial charge on any atom is 0.251 e. The van der Waals surface area contributed by atoms with E-state index in [1.54, 1.807) is 19.2 Å². The van der Waals surface area contributed by atoms with E-state index in [0.29, 0.717) is 11.5 Å². The fourth-order valence-corrected chi connectivity index (χ4v) is 2.09. The summed E-state index contributed by atoms with van der Waals surface area (Å²) in [6, 6.07) is 7.17. The minimum Gasteiger partial charge on any atom is -0.374 e. The van der Waals surface area contributed by atoms with Gasteiger partial charge in [-0.1, -0.05) is 24.6 Å². The zero-order valence-electron chi connectivity index (χ0n) is 13.2. The lowest BCUT2D eigenvalue weighted by Gasteiger charge is -2.12. The second kappa shape index (κ2) is 7.59. The molecule has 2 rings (SSSR count). The predicted molar refractivity (Wildman–Crippen MR) is 84.8 cm³/mol. The van der Waals surface area contributed by atoms with Crippen LogP contribution in [0.25, 0.3) is 0 Å². The zero-order chi connectivity index (χ0) is 15.9. The van der Waals surface area contributed by atoms with E-state index in [4.69, 9.17) is 4.52 Å². The lowest BCUT2D eigenvalue weighted by atomic mass is 10.1. The molecule has 0 radical (unpaired) electrons. The van der Waals surface area contributed by atoms with Crippen molar-refractivity contribution in [3.05, 3.63) is 41.5 Å². The Morgan fingerprint density at radius 1 is 1.41 bits per heavy atom. The van der Waals surface area contributed by atoms with Gasteiger partial charge in [-0.15, -0.1) is 0 Å². The Hall–Kier alpha value is -2.37. The molecule has 0 aliphatic carbocycles. The van der Waals surface area contributed by atoms with Crippen LogP contribution in [-0.4, -0.2) is 23.1 Å². The molecular formula is C16H22N4O2. The summed E-state index contributed by atoms with van der Waals surface area (Å²) in [6.45, 7) is 4.08. The maximum atomic E-state index is 11.6. The lowest BCUT2D eigenvalue weighted by Crippen LogP contribution is -2.18. The Kier molecular flexibility index (Phi) is 5.52. The highest BCUT2D eigenvalue weighted by molar-refractivity contribution is 5.94. The smallest absolute Gasteiger partial charge is 0.251 e. The third-order valence-corrected chi connectivity index (χ3v) is 3.34. The Balaban J connectivity index is 2.03. The number of carbonyl (C=O) groups excluding carboxylic acids is 1. The van der Waals surface area contributed by atoms with Crippen LogP contribution in [0.5, 0.6) is 0 Å². The number of benzene rings is 1. The first-order valence-electron chi connectivity index (χ1n) is 7.55. The van der Waals surface area contributed by atoms with Gasteiger partial charge in [-0.3, -0.25) is 4.79 Å². The molecule has 1 atom stereocenters. The van der Waals surface area contributed by atoms with Gasteiger partial charge in [-0.2, -0.15) is 4.98 Å². The van der Waals surface area contributed by atoms with E-state index in [1.165, 1.54) is 0 Å². The van der Waals surface area contributed by atoms with Gasteiger partial charge in [0, 0.05) is 24.7 Å². The average Bonchev–Trinajstić information content (AvgIpc) is 3.01. The van der Waals surface area contributed by atoms with Crippen molar-refractivity contribution in [2.24, 2.45) is 0 Å². The van der Waals surface area contributed by atoms with Crippen LogP contribution in [0.15, 0.2) is 28.8 Å². The fraction of sp³-hybridized carbons (Fsp3) is 0.438. The summed E-state index contributed by atoms with van der Waals surface area (Å²) in [5, 5.41) is 9.86. The van der Waals surface area contributed by atoms with Crippen LogP contribution in [0.2, 0.25) is 0 Å². The minimum atomic E-state index is -0.122. The first-order chi connectivity index (χ1) is 10.6. The van der Waals surface area contributed by atoms with Crippen molar-refractivity contribution < 1.29 is 9.32 Å². The number of hydrogen-bond donors (Lipinski definition) is 2. The molecule has 0 aliphatic heterocycles. The largest absolute Gasteiger partial charge is 0.374 e. The Labute approximate surface area is 130 Å². The van der Waals surface area contributed by atoms with Crippen molar-refractivity contribution >= 4 is 11.6 Å². The van der Waals surface area contributed by atoms with Gasteiger partial charge in [0.25, 0.3) is 5.91 Å². The third-order valence-electron chi connectivity index (χ3n) is 3.34. The molecule has 22 heavy (non-hydrogen) atoms. The molecule has 1 amide bonds. The van der Waals surface area contributed by atoms with Gasteiger partial charge in [0.05, 0.1) is 0 Å². The number of hydrogen-bond acceptors (Lipinski definition) is 5. The highest BCUT2D eigenvalue weighted by atomic mass is 16.5. The van der Waals surface area contributed by atoms with Gasteiger partial charge < -0.3 is 15.2 Å². The molecule has 0 saturated carbocycles. The van der Waals surface area contributed by atoms with E-state index in [2.05, 4.69) is 27.7 Å². The molecule has 0 aliphatic rings.